The van der Waals surface area contributed by atoms with Crippen LogP contribution in [0.4, 0.5) is 10.5 Å². The third-order valence-corrected chi connectivity index (χ3v) is 5.41. The summed E-state index contributed by atoms with van der Waals surface area (Å²) in [4.78, 5) is 12.4. The molecule has 142 valence electrons. The number of rotatable bonds is 5. The summed E-state index contributed by atoms with van der Waals surface area (Å²) in [6.07, 6.45) is 0. The van der Waals surface area contributed by atoms with Crippen molar-refractivity contribution >= 4 is 21.7 Å². The molecule has 1 aromatic heterocycles. The number of nitrogens with one attached hydrogen (secondary N) is 2. The van der Waals surface area contributed by atoms with Gasteiger partial charge in [0, 0.05) is 24.5 Å². The lowest BCUT2D eigenvalue weighted by molar-refractivity contribution is 0.256. The van der Waals surface area contributed by atoms with Crippen molar-refractivity contribution in [1.82, 2.24) is 14.5 Å². The van der Waals surface area contributed by atoms with Crippen LogP contribution in [0, 0.1) is 6.92 Å². The van der Waals surface area contributed by atoms with Gasteiger partial charge in [-0.05, 0) is 29.9 Å². The minimum atomic E-state index is -4.04. The van der Waals surface area contributed by atoms with E-state index in [1.165, 1.54) is 10.7 Å². The Labute approximate surface area is 154 Å². The molecule has 1 aromatic carbocycles. The molecule has 0 aliphatic carbocycles. The first-order valence-electron chi connectivity index (χ1n) is 8.50. The summed E-state index contributed by atoms with van der Waals surface area (Å²) in [5.74, 6) is 0.359. The number of aryl methyl sites for hydroxylation is 2. The maximum Gasteiger partial charge on any atom is 0.333 e. The molecule has 1 heterocycles. The fourth-order valence-electron chi connectivity index (χ4n) is 2.67. The van der Waals surface area contributed by atoms with E-state index in [2.05, 4.69) is 10.4 Å². The van der Waals surface area contributed by atoms with Gasteiger partial charge in [0.25, 0.3) is 10.0 Å². The number of hydrogen-bond acceptors (Lipinski definition) is 4. The van der Waals surface area contributed by atoms with Crippen LogP contribution in [0.3, 0.4) is 0 Å². The highest BCUT2D eigenvalue weighted by Gasteiger charge is 2.23. The summed E-state index contributed by atoms with van der Waals surface area (Å²) >= 11 is 0. The lowest BCUT2D eigenvalue weighted by atomic mass is 9.93. The van der Waals surface area contributed by atoms with Crippen molar-refractivity contribution in [1.29, 1.82) is 0 Å². The molecule has 2 amide bonds. The van der Waals surface area contributed by atoms with E-state index in [-0.39, 0.29) is 16.9 Å². The Hall–Kier alpha value is -2.35. The number of hydrogen-bond donors (Lipinski definition) is 2. The second-order valence-corrected chi connectivity index (χ2v) is 8.56. The third-order valence-electron chi connectivity index (χ3n) is 4.21. The topological polar surface area (TPSA) is 93.1 Å². The standard InChI is InChI=1S/C18H26N4O3S/c1-11(2)14-8-7-9-15(12(3)4)17(14)19-18(23)21-26(24,25)16-10-13(5)22(6)20-16/h7-12H,1-6H3,(H2,19,21,23). The molecule has 7 nitrogen and oxygen atoms in total. The Morgan fingerprint density at radius 3 is 2.08 bits per heavy atom. The van der Waals surface area contributed by atoms with E-state index in [1.807, 2.05) is 50.6 Å². The van der Waals surface area contributed by atoms with Crippen LogP contribution < -0.4 is 10.0 Å². The van der Waals surface area contributed by atoms with Gasteiger partial charge in [-0.2, -0.15) is 13.5 Å². The molecule has 0 unspecified atom stereocenters. The van der Waals surface area contributed by atoms with E-state index in [4.69, 9.17) is 0 Å². The van der Waals surface area contributed by atoms with Crippen molar-refractivity contribution in [3.63, 3.8) is 0 Å². The van der Waals surface area contributed by atoms with E-state index in [1.54, 1.807) is 14.0 Å². The molecule has 8 heteroatoms. The zero-order chi connectivity index (χ0) is 19.6. The van der Waals surface area contributed by atoms with Gasteiger partial charge in [0.1, 0.15) is 0 Å². The van der Waals surface area contributed by atoms with E-state index >= 15 is 0 Å². The monoisotopic (exact) mass is 378 g/mol. The van der Waals surface area contributed by atoms with Gasteiger partial charge in [-0.15, -0.1) is 0 Å². The van der Waals surface area contributed by atoms with E-state index in [0.29, 0.717) is 11.4 Å². The number of nitrogens with zero attached hydrogens (tertiary/aromatic N) is 2. The second kappa shape index (κ2) is 7.49. The lowest BCUT2D eigenvalue weighted by Crippen LogP contribution is -2.35. The number of anilines is 1. The first-order valence-corrected chi connectivity index (χ1v) is 9.98. The van der Waals surface area contributed by atoms with Crippen LogP contribution >= 0.6 is 0 Å². The first-order chi connectivity index (χ1) is 12.0. The SMILES string of the molecule is Cc1cc(S(=O)(=O)NC(=O)Nc2c(C(C)C)cccc2C(C)C)nn1C. The Morgan fingerprint density at radius 2 is 1.65 bits per heavy atom. The number of sulfonamides is 1. The maximum atomic E-state index is 12.4. The molecule has 0 saturated carbocycles. The molecule has 0 bridgehead atoms. The molecule has 2 N–H and O–H groups in total. The van der Waals surface area contributed by atoms with Gasteiger partial charge in [-0.1, -0.05) is 45.9 Å². The Balaban J connectivity index is 2.30. The summed E-state index contributed by atoms with van der Waals surface area (Å²) in [5.41, 5.74) is 3.25. The van der Waals surface area contributed by atoms with Crippen molar-refractivity contribution in [2.24, 2.45) is 7.05 Å². The third kappa shape index (κ3) is 4.24. The van der Waals surface area contributed by atoms with E-state index in [9.17, 15) is 13.2 Å². The second-order valence-electron chi connectivity index (χ2n) is 6.93. The van der Waals surface area contributed by atoms with Gasteiger partial charge in [0.15, 0.2) is 5.03 Å². The smallest absolute Gasteiger partial charge is 0.307 e. The molecule has 0 aliphatic heterocycles. The van der Waals surface area contributed by atoms with Crippen molar-refractivity contribution in [3.8, 4) is 0 Å². The highest BCUT2D eigenvalue weighted by Crippen LogP contribution is 2.32. The average molecular weight is 378 g/mol. The van der Waals surface area contributed by atoms with E-state index in [0.717, 1.165) is 11.1 Å². The van der Waals surface area contributed by atoms with Gasteiger partial charge in [-0.3, -0.25) is 4.68 Å². The normalized spacial score (nSPS) is 11.8. The summed E-state index contributed by atoms with van der Waals surface area (Å²) in [6.45, 7) is 9.83. The van der Waals surface area contributed by atoms with Crippen LogP contribution in [0.1, 0.15) is 56.4 Å². The Morgan fingerprint density at radius 1 is 1.12 bits per heavy atom. The molecule has 0 fully saturated rings. The van der Waals surface area contributed by atoms with Crippen molar-refractivity contribution in [2.45, 2.75) is 51.5 Å². The summed E-state index contributed by atoms with van der Waals surface area (Å²) in [5, 5.41) is 6.46. The van der Waals surface area contributed by atoms with E-state index < -0.39 is 16.1 Å². The van der Waals surface area contributed by atoms with Gasteiger partial charge < -0.3 is 5.32 Å². The number of carbonyl (C=O) groups is 1. The van der Waals surface area contributed by atoms with Crippen LogP contribution in [0.15, 0.2) is 29.3 Å². The number of aromatic nitrogens is 2. The molecule has 0 atom stereocenters. The van der Waals surface area contributed by atoms with Crippen LogP contribution in [-0.4, -0.2) is 24.2 Å². The highest BCUT2D eigenvalue weighted by atomic mass is 32.2. The zero-order valence-electron chi connectivity index (χ0n) is 16.0. The van der Waals surface area contributed by atoms with Crippen LogP contribution in [-0.2, 0) is 17.1 Å². The van der Waals surface area contributed by atoms with Gasteiger partial charge >= 0.3 is 6.03 Å². The quantitative estimate of drug-likeness (QED) is 0.833. The van der Waals surface area contributed by atoms with Crippen LogP contribution in [0.5, 0.6) is 0 Å². The number of amides is 2. The predicted molar refractivity (Wildman–Crippen MR) is 102 cm³/mol. The van der Waals surface area contributed by atoms with Gasteiger partial charge in [0.05, 0.1) is 0 Å². The van der Waals surface area contributed by atoms with Crippen molar-refractivity contribution in [3.05, 3.63) is 41.1 Å². The minimum absolute atomic E-state index is 0.180. The number of carbonyl (C=O) groups excluding carboxylic acids is 1. The summed E-state index contributed by atoms with van der Waals surface area (Å²) in [7, 11) is -2.40. The predicted octanol–water partition coefficient (Wildman–Crippen LogP) is 3.49. The number of para-hydroxylation sites is 1. The van der Waals surface area contributed by atoms with Gasteiger partial charge in [-0.25, -0.2) is 9.52 Å². The average Bonchev–Trinajstić information content (AvgIpc) is 2.86. The maximum absolute atomic E-state index is 12.4. The molecule has 0 radical (unpaired) electrons. The van der Waals surface area contributed by atoms with Gasteiger partial charge in [0.2, 0.25) is 0 Å². The molecule has 0 spiro atoms. The van der Waals surface area contributed by atoms with Crippen molar-refractivity contribution in [2.75, 3.05) is 5.32 Å². The fourth-order valence-corrected chi connectivity index (χ4v) is 3.62. The minimum Gasteiger partial charge on any atom is -0.307 e. The summed E-state index contributed by atoms with van der Waals surface area (Å²) in [6, 6.07) is 6.42. The lowest BCUT2D eigenvalue weighted by Gasteiger charge is -2.20. The van der Waals surface area contributed by atoms with Crippen LogP contribution in [0.25, 0.3) is 0 Å². The van der Waals surface area contributed by atoms with Crippen molar-refractivity contribution < 1.29 is 13.2 Å². The highest BCUT2D eigenvalue weighted by molar-refractivity contribution is 7.90. The largest absolute Gasteiger partial charge is 0.333 e. The zero-order valence-corrected chi connectivity index (χ0v) is 16.8. The Kier molecular flexibility index (Phi) is 5.75. The fraction of sp³-hybridized carbons (Fsp3) is 0.444. The molecule has 0 aliphatic rings. The number of benzene rings is 1. The number of urea groups is 1. The first kappa shape index (κ1) is 20.0. The Bertz CT molecular complexity index is 869. The van der Waals surface area contributed by atoms with Crippen LogP contribution in [0.2, 0.25) is 0 Å². The molecular formula is C18H26N4O3S. The molecular weight excluding hydrogens is 352 g/mol. The molecule has 26 heavy (non-hydrogen) atoms. The molecule has 2 aromatic rings. The molecule has 2 rings (SSSR count). The summed E-state index contributed by atoms with van der Waals surface area (Å²) < 4.78 is 28.3. The molecule has 0 saturated heterocycles.